The van der Waals surface area contributed by atoms with Crippen LogP contribution in [0.3, 0.4) is 0 Å². The molecule has 0 aliphatic rings. The molecule has 0 aromatic heterocycles. The number of hydrogen-bond donors (Lipinski definition) is 2. The summed E-state index contributed by atoms with van der Waals surface area (Å²) in [6.07, 6.45) is 0.503. The summed E-state index contributed by atoms with van der Waals surface area (Å²) in [6.45, 7) is 8.77. The standard InChI is InChI=1S/C15H24N2O3/c1-5-10-19-13-8-6-12(7-9-13)11-16-17-14(18)20-15(2,3)4/h6-9,16H,5,10-11H2,1-4H3,(H,17,18). The maximum atomic E-state index is 11.4. The summed E-state index contributed by atoms with van der Waals surface area (Å²) in [5.74, 6) is 0.857. The van der Waals surface area contributed by atoms with Crippen molar-refractivity contribution in [3.05, 3.63) is 29.8 Å². The molecule has 1 rings (SSSR count). The van der Waals surface area contributed by atoms with E-state index in [-0.39, 0.29) is 0 Å². The van der Waals surface area contributed by atoms with E-state index in [4.69, 9.17) is 9.47 Å². The molecule has 1 amide bonds. The van der Waals surface area contributed by atoms with Crippen molar-refractivity contribution in [3.8, 4) is 5.75 Å². The van der Waals surface area contributed by atoms with Gasteiger partial charge in [-0.25, -0.2) is 10.2 Å². The minimum absolute atomic E-state index is 0.486. The van der Waals surface area contributed by atoms with Gasteiger partial charge in [-0.3, -0.25) is 5.43 Å². The summed E-state index contributed by atoms with van der Waals surface area (Å²) >= 11 is 0. The van der Waals surface area contributed by atoms with E-state index >= 15 is 0 Å². The Labute approximate surface area is 120 Å². The molecular weight excluding hydrogens is 256 g/mol. The van der Waals surface area contributed by atoms with Gasteiger partial charge in [0.25, 0.3) is 0 Å². The molecule has 1 aromatic rings. The van der Waals surface area contributed by atoms with Gasteiger partial charge in [-0.05, 0) is 44.9 Å². The third-order valence-electron chi connectivity index (χ3n) is 2.28. The van der Waals surface area contributed by atoms with E-state index in [1.807, 2.05) is 45.0 Å². The fourth-order valence-electron chi connectivity index (χ4n) is 1.45. The van der Waals surface area contributed by atoms with Crippen LogP contribution in [0.4, 0.5) is 4.79 Å². The lowest BCUT2D eigenvalue weighted by molar-refractivity contribution is 0.0497. The zero-order chi connectivity index (χ0) is 15.0. The third-order valence-corrected chi connectivity index (χ3v) is 2.28. The minimum atomic E-state index is -0.496. The molecule has 5 heteroatoms. The SMILES string of the molecule is CCCOc1ccc(CNNC(=O)OC(C)(C)C)cc1. The number of rotatable bonds is 6. The summed E-state index contributed by atoms with van der Waals surface area (Å²) in [5.41, 5.74) is 5.87. The quantitative estimate of drug-likeness (QED) is 0.786. The summed E-state index contributed by atoms with van der Waals surface area (Å²) in [6, 6.07) is 7.74. The van der Waals surface area contributed by atoms with Crippen molar-refractivity contribution in [2.45, 2.75) is 46.3 Å². The molecular formula is C15H24N2O3. The molecule has 112 valence electrons. The van der Waals surface area contributed by atoms with Gasteiger partial charge in [0.15, 0.2) is 0 Å². The molecule has 20 heavy (non-hydrogen) atoms. The van der Waals surface area contributed by atoms with E-state index in [1.54, 1.807) is 0 Å². The molecule has 0 saturated carbocycles. The second-order valence-corrected chi connectivity index (χ2v) is 5.47. The molecule has 0 unspecified atom stereocenters. The van der Waals surface area contributed by atoms with Crippen LogP contribution in [-0.4, -0.2) is 18.3 Å². The van der Waals surface area contributed by atoms with E-state index in [2.05, 4.69) is 17.8 Å². The highest BCUT2D eigenvalue weighted by Crippen LogP contribution is 2.12. The lowest BCUT2D eigenvalue weighted by Crippen LogP contribution is -2.40. The number of nitrogens with one attached hydrogen (secondary N) is 2. The van der Waals surface area contributed by atoms with Gasteiger partial charge in [-0.2, -0.15) is 0 Å². The summed E-state index contributed by atoms with van der Waals surface area (Å²) < 4.78 is 10.6. The first-order valence-corrected chi connectivity index (χ1v) is 6.84. The Bertz CT molecular complexity index is 410. The van der Waals surface area contributed by atoms with Gasteiger partial charge in [0.1, 0.15) is 11.4 Å². The first kappa shape index (κ1) is 16.3. The van der Waals surface area contributed by atoms with Gasteiger partial charge in [0, 0.05) is 6.54 Å². The Morgan fingerprint density at radius 3 is 2.40 bits per heavy atom. The predicted molar refractivity (Wildman–Crippen MR) is 78.4 cm³/mol. The Morgan fingerprint density at radius 1 is 1.20 bits per heavy atom. The summed E-state index contributed by atoms with van der Waals surface area (Å²) in [4.78, 5) is 11.4. The number of ether oxygens (including phenoxy) is 2. The number of carbonyl (C=O) groups excluding carboxylic acids is 1. The highest BCUT2D eigenvalue weighted by molar-refractivity contribution is 5.66. The van der Waals surface area contributed by atoms with Crippen LogP contribution in [0.2, 0.25) is 0 Å². The fourth-order valence-corrected chi connectivity index (χ4v) is 1.45. The fraction of sp³-hybridized carbons (Fsp3) is 0.533. The van der Waals surface area contributed by atoms with Gasteiger partial charge in [-0.15, -0.1) is 0 Å². The van der Waals surface area contributed by atoms with Crippen LogP contribution in [0, 0.1) is 0 Å². The van der Waals surface area contributed by atoms with E-state index in [0.717, 1.165) is 24.3 Å². The number of hydrogen-bond acceptors (Lipinski definition) is 4. The van der Waals surface area contributed by atoms with Crippen LogP contribution in [0.1, 0.15) is 39.7 Å². The molecule has 0 spiro atoms. The molecule has 0 heterocycles. The molecule has 0 bridgehead atoms. The van der Waals surface area contributed by atoms with Crippen molar-refractivity contribution >= 4 is 6.09 Å². The van der Waals surface area contributed by atoms with Gasteiger partial charge < -0.3 is 9.47 Å². The summed E-state index contributed by atoms with van der Waals surface area (Å²) in [7, 11) is 0. The third kappa shape index (κ3) is 6.99. The van der Waals surface area contributed by atoms with Crippen molar-refractivity contribution < 1.29 is 14.3 Å². The summed E-state index contributed by atoms with van der Waals surface area (Å²) in [5, 5.41) is 0. The molecule has 5 nitrogen and oxygen atoms in total. The molecule has 1 aromatic carbocycles. The van der Waals surface area contributed by atoms with Gasteiger partial charge in [0.2, 0.25) is 0 Å². The Kier molecular flexibility index (Phi) is 6.31. The zero-order valence-electron chi connectivity index (χ0n) is 12.7. The Balaban J connectivity index is 2.30. The topological polar surface area (TPSA) is 59.6 Å². The first-order chi connectivity index (χ1) is 9.40. The van der Waals surface area contributed by atoms with Crippen LogP contribution in [0.5, 0.6) is 5.75 Å². The van der Waals surface area contributed by atoms with Crippen LogP contribution in [0.25, 0.3) is 0 Å². The molecule has 2 N–H and O–H groups in total. The Hall–Kier alpha value is -1.75. The second kappa shape index (κ2) is 7.75. The monoisotopic (exact) mass is 280 g/mol. The van der Waals surface area contributed by atoms with Crippen molar-refractivity contribution in [3.63, 3.8) is 0 Å². The van der Waals surface area contributed by atoms with Crippen LogP contribution in [-0.2, 0) is 11.3 Å². The highest BCUT2D eigenvalue weighted by Gasteiger charge is 2.15. The van der Waals surface area contributed by atoms with Crippen LogP contribution >= 0.6 is 0 Å². The van der Waals surface area contributed by atoms with Gasteiger partial charge in [0.05, 0.1) is 6.61 Å². The lowest BCUT2D eigenvalue weighted by atomic mass is 10.2. The van der Waals surface area contributed by atoms with Crippen molar-refractivity contribution in [2.75, 3.05) is 6.61 Å². The predicted octanol–water partition coefficient (Wildman–Crippen LogP) is 3.00. The zero-order valence-corrected chi connectivity index (χ0v) is 12.7. The minimum Gasteiger partial charge on any atom is -0.494 e. The van der Waals surface area contributed by atoms with E-state index in [1.165, 1.54) is 0 Å². The lowest BCUT2D eigenvalue weighted by Gasteiger charge is -2.19. The molecule has 0 aliphatic heterocycles. The first-order valence-electron chi connectivity index (χ1n) is 6.84. The maximum absolute atomic E-state index is 11.4. The highest BCUT2D eigenvalue weighted by atomic mass is 16.6. The van der Waals surface area contributed by atoms with E-state index < -0.39 is 11.7 Å². The second-order valence-electron chi connectivity index (χ2n) is 5.47. The average molecular weight is 280 g/mol. The van der Waals surface area contributed by atoms with Crippen molar-refractivity contribution in [2.24, 2.45) is 0 Å². The van der Waals surface area contributed by atoms with Crippen molar-refractivity contribution in [1.82, 2.24) is 10.9 Å². The average Bonchev–Trinajstić information content (AvgIpc) is 2.35. The van der Waals surface area contributed by atoms with Crippen molar-refractivity contribution in [1.29, 1.82) is 0 Å². The molecule has 0 saturated heterocycles. The number of hydrazine groups is 1. The maximum Gasteiger partial charge on any atom is 0.422 e. The normalized spacial score (nSPS) is 11.0. The van der Waals surface area contributed by atoms with Gasteiger partial charge in [-0.1, -0.05) is 19.1 Å². The number of amides is 1. The van der Waals surface area contributed by atoms with E-state index in [9.17, 15) is 4.79 Å². The smallest absolute Gasteiger partial charge is 0.422 e. The number of benzene rings is 1. The van der Waals surface area contributed by atoms with Crippen LogP contribution in [0.15, 0.2) is 24.3 Å². The Morgan fingerprint density at radius 2 is 1.85 bits per heavy atom. The molecule has 0 atom stereocenters. The molecule has 0 radical (unpaired) electrons. The largest absolute Gasteiger partial charge is 0.494 e. The molecule has 0 aliphatic carbocycles. The molecule has 0 fully saturated rings. The van der Waals surface area contributed by atoms with Gasteiger partial charge >= 0.3 is 6.09 Å². The van der Waals surface area contributed by atoms with E-state index in [0.29, 0.717) is 6.54 Å². The number of carbonyl (C=O) groups is 1. The van der Waals surface area contributed by atoms with Crippen LogP contribution < -0.4 is 15.6 Å².